The molecule has 0 N–H and O–H groups in total. The first-order chi connectivity index (χ1) is 13.8. The number of carbonyl (C=O) groups is 1. The molecule has 1 aromatic rings. The van der Waals surface area contributed by atoms with E-state index in [1.165, 1.54) is 7.11 Å². The van der Waals surface area contributed by atoms with E-state index < -0.39 is 10.0 Å². The third kappa shape index (κ3) is 4.99. The standard InChI is InChI=1S/C21H32N2O5S/c1-16-4-5-20(14-17(16)2)29(25,26)22-10-6-18(7-11-22)23(21(24)15-27-3)19-8-12-28-13-9-19/h4-5,14,18-19H,6-13,15H2,1-3H3. The van der Waals surface area contributed by atoms with Crippen molar-refractivity contribution in [2.24, 2.45) is 0 Å². The first-order valence-corrected chi connectivity index (χ1v) is 11.7. The summed E-state index contributed by atoms with van der Waals surface area (Å²) in [7, 11) is -1.99. The Kier molecular flexibility index (Phi) is 7.32. The molecule has 29 heavy (non-hydrogen) atoms. The minimum atomic E-state index is -3.52. The van der Waals surface area contributed by atoms with Crippen molar-refractivity contribution in [3.8, 4) is 0 Å². The fourth-order valence-corrected chi connectivity index (χ4v) is 5.81. The number of piperidine rings is 1. The summed E-state index contributed by atoms with van der Waals surface area (Å²) in [5, 5.41) is 0. The van der Waals surface area contributed by atoms with Crippen LogP contribution in [0.2, 0.25) is 0 Å². The van der Waals surface area contributed by atoms with Crippen LogP contribution in [0.1, 0.15) is 36.8 Å². The van der Waals surface area contributed by atoms with Crippen molar-refractivity contribution in [2.45, 2.75) is 56.5 Å². The minimum absolute atomic E-state index is 0.0186. The summed E-state index contributed by atoms with van der Waals surface area (Å²) in [6.07, 6.45) is 2.90. The molecule has 0 atom stereocenters. The molecule has 2 saturated heterocycles. The lowest BCUT2D eigenvalue weighted by molar-refractivity contribution is -0.143. The number of aryl methyl sites for hydroxylation is 2. The summed E-state index contributed by atoms with van der Waals surface area (Å²) in [5.41, 5.74) is 2.04. The van der Waals surface area contributed by atoms with E-state index in [1.54, 1.807) is 16.4 Å². The van der Waals surface area contributed by atoms with Gasteiger partial charge in [0.25, 0.3) is 0 Å². The second-order valence-electron chi connectivity index (χ2n) is 7.96. The molecule has 0 aromatic heterocycles. The zero-order chi connectivity index (χ0) is 21.0. The smallest absolute Gasteiger partial charge is 0.249 e. The first-order valence-electron chi connectivity index (χ1n) is 10.3. The molecule has 0 saturated carbocycles. The van der Waals surface area contributed by atoms with Crippen LogP contribution in [0.15, 0.2) is 23.1 Å². The van der Waals surface area contributed by atoms with E-state index in [4.69, 9.17) is 9.47 Å². The van der Waals surface area contributed by atoms with Crippen molar-refractivity contribution >= 4 is 15.9 Å². The molecule has 2 heterocycles. The molecule has 2 aliphatic heterocycles. The Morgan fingerprint density at radius 3 is 2.31 bits per heavy atom. The van der Waals surface area contributed by atoms with E-state index in [9.17, 15) is 13.2 Å². The summed E-state index contributed by atoms with van der Waals surface area (Å²) in [5.74, 6) is -0.0186. The van der Waals surface area contributed by atoms with Crippen molar-refractivity contribution in [3.05, 3.63) is 29.3 Å². The second kappa shape index (κ2) is 9.55. The van der Waals surface area contributed by atoms with Gasteiger partial charge in [-0.2, -0.15) is 4.31 Å². The van der Waals surface area contributed by atoms with Crippen LogP contribution in [0, 0.1) is 13.8 Å². The highest BCUT2D eigenvalue weighted by Crippen LogP contribution is 2.27. The van der Waals surface area contributed by atoms with Gasteiger partial charge < -0.3 is 14.4 Å². The van der Waals surface area contributed by atoms with Crippen LogP contribution in [0.3, 0.4) is 0 Å². The fraction of sp³-hybridized carbons (Fsp3) is 0.667. The molecule has 0 radical (unpaired) electrons. The lowest BCUT2D eigenvalue weighted by atomic mass is 9.98. The number of amides is 1. The van der Waals surface area contributed by atoms with Crippen molar-refractivity contribution in [3.63, 3.8) is 0 Å². The number of carbonyl (C=O) groups excluding carboxylic acids is 1. The zero-order valence-electron chi connectivity index (χ0n) is 17.6. The zero-order valence-corrected chi connectivity index (χ0v) is 18.4. The van der Waals surface area contributed by atoms with E-state index in [1.807, 2.05) is 24.8 Å². The average molecular weight is 425 g/mol. The van der Waals surface area contributed by atoms with Gasteiger partial charge in [-0.15, -0.1) is 0 Å². The van der Waals surface area contributed by atoms with Crippen molar-refractivity contribution in [2.75, 3.05) is 40.0 Å². The molecule has 2 fully saturated rings. The van der Waals surface area contributed by atoms with Gasteiger partial charge in [0, 0.05) is 45.5 Å². The quantitative estimate of drug-likeness (QED) is 0.699. The normalized spacial score (nSPS) is 20.0. The topological polar surface area (TPSA) is 76.2 Å². The second-order valence-corrected chi connectivity index (χ2v) is 9.90. The van der Waals surface area contributed by atoms with Crippen LogP contribution >= 0.6 is 0 Å². The van der Waals surface area contributed by atoms with Crippen molar-refractivity contribution < 1.29 is 22.7 Å². The van der Waals surface area contributed by atoms with Gasteiger partial charge in [-0.1, -0.05) is 6.07 Å². The Labute approximate surface area is 174 Å². The largest absolute Gasteiger partial charge is 0.381 e. The highest BCUT2D eigenvalue weighted by molar-refractivity contribution is 7.89. The van der Waals surface area contributed by atoms with Gasteiger partial charge in [-0.05, 0) is 62.8 Å². The number of ether oxygens (including phenoxy) is 2. The number of sulfonamides is 1. The molecular formula is C21H32N2O5S. The van der Waals surface area contributed by atoms with E-state index in [-0.39, 0.29) is 24.6 Å². The monoisotopic (exact) mass is 424 g/mol. The molecule has 0 bridgehead atoms. The van der Waals surface area contributed by atoms with Crippen LogP contribution < -0.4 is 0 Å². The lowest BCUT2D eigenvalue weighted by Gasteiger charge is -2.43. The predicted molar refractivity (Wildman–Crippen MR) is 110 cm³/mol. The van der Waals surface area contributed by atoms with Gasteiger partial charge in [0.15, 0.2) is 0 Å². The fourth-order valence-electron chi connectivity index (χ4n) is 4.25. The van der Waals surface area contributed by atoms with Gasteiger partial charge in [-0.25, -0.2) is 8.42 Å². The van der Waals surface area contributed by atoms with Gasteiger partial charge in [0.2, 0.25) is 15.9 Å². The summed E-state index contributed by atoms with van der Waals surface area (Å²) < 4.78 is 38.2. The van der Waals surface area contributed by atoms with Gasteiger partial charge in [0.05, 0.1) is 4.90 Å². The molecule has 0 spiro atoms. The maximum Gasteiger partial charge on any atom is 0.249 e. The Morgan fingerprint density at radius 2 is 1.72 bits per heavy atom. The van der Waals surface area contributed by atoms with E-state index >= 15 is 0 Å². The molecule has 3 rings (SSSR count). The number of nitrogens with zero attached hydrogens (tertiary/aromatic N) is 2. The number of hydrogen-bond donors (Lipinski definition) is 0. The lowest BCUT2D eigenvalue weighted by Crippen LogP contribution is -2.54. The van der Waals surface area contributed by atoms with E-state index in [2.05, 4.69) is 0 Å². The molecule has 2 aliphatic rings. The van der Waals surface area contributed by atoms with Crippen LogP contribution in [0.5, 0.6) is 0 Å². The molecule has 0 aliphatic carbocycles. The van der Waals surface area contributed by atoms with Gasteiger partial charge >= 0.3 is 0 Å². The van der Waals surface area contributed by atoms with Gasteiger partial charge in [-0.3, -0.25) is 4.79 Å². The molecule has 1 amide bonds. The Hall–Kier alpha value is -1.48. The van der Waals surface area contributed by atoms with E-state index in [0.717, 1.165) is 24.0 Å². The predicted octanol–water partition coefficient (Wildman–Crippen LogP) is 2.11. The SMILES string of the molecule is COCC(=O)N(C1CCOCC1)C1CCN(S(=O)(=O)c2ccc(C)c(C)c2)CC1. The third-order valence-electron chi connectivity index (χ3n) is 6.07. The molecule has 162 valence electrons. The Balaban J connectivity index is 1.71. The number of benzene rings is 1. The molecule has 0 unspecified atom stereocenters. The highest BCUT2D eigenvalue weighted by atomic mass is 32.2. The molecule has 1 aromatic carbocycles. The summed E-state index contributed by atoms with van der Waals surface area (Å²) in [6, 6.07) is 5.45. The van der Waals surface area contributed by atoms with Gasteiger partial charge in [0.1, 0.15) is 6.61 Å². The van der Waals surface area contributed by atoms with E-state index in [0.29, 0.717) is 44.0 Å². The maximum atomic E-state index is 13.1. The van der Waals surface area contributed by atoms with Crippen LogP contribution in [0.4, 0.5) is 0 Å². The Morgan fingerprint density at radius 1 is 1.10 bits per heavy atom. The number of hydrogen-bond acceptors (Lipinski definition) is 5. The summed E-state index contributed by atoms with van der Waals surface area (Å²) >= 11 is 0. The third-order valence-corrected chi connectivity index (χ3v) is 7.97. The van der Waals surface area contributed by atoms with Crippen LogP contribution in [-0.4, -0.2) is 75.6 Å². The summed E-state index contributed by atoms with van der Waals surface area (Å²) in [6.45, 7) is 6.09. The molecule has 7 nitrogen and oxygen atoms in total. The highest BCUT2D eigenvalue weighted by Gasteiger charge is 2.36. The number of rotatable bonds is 6. The molecular weight excluding hydrogens is 392 g/mol. The maximum absolute atomic E-state index is 13.1. The molecule has 8 heteroatoms. The Bertz CT molecular complexity index is 812. The average Bonchev–Trinajstić information content (AvgIpc) is 2.71. The van der Waals surface area contributed by atoms with Crippen molar-refractivity contribution in [1.29, 1.82) is 0 Å². The van der Waals surface area contributed by atoms with Crippen LogP contribution in [-0.2, 0) is 24.3 Å². The van der Waals surface area contributed by atoms with Crippen LogP contribution in [0.25, 0.3) is 0 Å². The number of methoxy groups -OCH3 is 1. The van der Waals surface area contributed by atoms with Crippen molar-refractivity contribution in [1.82, 2.24) is 9.21 Å². The minimum Gasteiger partial charge on any atom is -0.381 e. The summed E-state index contributed by atoms with van der Waals surface area (Å²) in [4.78, 5) is 15.0. The first kappa shape index (κ1) is 22.2.